The molecule has 1 saturated heterocycles. The Balaban J connectivity index is 3.24. The van der Waals surface area contributed by atoms with Crippen molar-refractivity contribution in [1.82, 2.24) is 4.90 Å². The van der Waals surface area contributed by atoms with Crippen molar-refractivity contribution in [2.24, 2.45) is 11.8 Å². The number of hydrogen-bond donors (Lipinski definition) is 0. The van der Waals surface area contributed by atoms with Gasteiger partial charge in [0.15, 0.2) is 6.29 Å². The number of carbonyl (C=O) groups is 3. The van der Waals surface area contributed by atoms with Gasteiger partial charge in [0.05, 0.1) is 24.4 Å². The molecule has 1 rings (SSSR count). The van der Waals surface area contributed by atoms with Crippen LogP contribution in [0.3, 0.4) is 0 Å². The van der Waals surface area contributed by atoms with Crippen LogP contribution in [-0.2, 0) is 38.1 Å². The van der Waals surface area contributed by atoms with Gasteiger partial charge in [-0.2, -0.15) is 0 Å². The number of hydrogen-bond acceptors (Lipinski definition) is 9. The van der Waals surface area contributed by atoms with E-state index in [0.717, 1.165) is 25.5 Å². The maximum absolute atomic E-state index is 13.2. The zero-order valence-electron chi connectivity index (χ0n) is 23.1. The van der Waals surface area contributed by atoms with E-state index in [0.29, 0.717) is 13.0 Å². The van der Waals surface area contributed by atoms with Crippen LogP contribution in [0.5, 0.6) is 0 Å². The second-order valence-electron chi connectivity index (χ2n) is 10.2. The Labute approximate surface area is 211 Å². The zero-order valence-corrected chi connectivity index (χ0v) is 23.1. The van der Waals surface area contributed by atoms with E-state index in [2.05, 4.69) is 4.90 Å². The first-order valence-corrected chi connectivity index (χ1v) is 12.6. The summed E-state index contributed by atoms with van der Waals surface area (Å²) in [6, 6.07) is 0.0386. The topological polar surface area (TPSA) is 101 Å². The summed E-state index contributed by atoms with van der Waals surface area (Å²) < 4.78 is 29.5. The SMILES string of the molecule is CCCCOC(=O)CC(=O)[C@H](C)[C@@H](O[C@@H]1O[C@H](C)CC(N(C)C)C1OC)[C@@](C)(C[C@@H](C)C=O)OC. The fourth-order valence-electron chi connectivity index (χ4n) is 4.69. The first-order valence-electron chi connectivity index (χ1n) is 12.6. The van der Waals surface area contributed by atoms with Crippen LogP contribution in [0, 0.1) is 11.8 Å². The van der Waals surface area contributed by atoms with E-state index >= 15 is 0 Å². The van der Waals surface area contributed by atoms with Crippen molar-refractivity contribution in [3.63, 3.8) is 0 Å². The summed E-state index contributed by atoms with van der Waals surface area (Å²) in [6.07, 6.45) is 1.14. The Kier molecular flexibility index (Phi) is 13.6. The van der Waals surface area contributed by atoms with Gasteiger partial charge in [0, 0.05) is 32.1 Å². The fourth-order valence-corrected chi connectivity index (χ4v) is 4.69. The summed E-state index contributed by atoms with van der Waals surface area (Å²) in [6.45, 7) is 9.58. The number of carbonyl (C=O) groups excluding carboxylic acids is 3. The van der Waals surface area contributed by atoms with Crippen LogP contribution in [0.25, 0.3) is 0 Å². The molecule has 0 aromatic heterocycles. The van der Waals surface area contributed by atoms with E-state index in [1.165, 1.54) is 7.11 Å². The predicted molar refractivity (Wildman–Crippen MR) is 132 cm³/mol. The minimum atomic E-state index is -1.00. The summed E-state index contributed by atoms with van der Waals surface area (Å²) in [5.41, 5.74) is -1.00. The Morgan fingerprint density at radius 1 is 1.23 bits per heavy atom. The van der Waals surface area contributed by atoms with Crippen molar-refractivity contribution >= 4 is 18.0 Å². The van der Waals surface area contributed by atoms with Crippen molar-refractivity contribution < 1.29 is 38.1 Å². The highest BCUT2D eigenvalue weighted by Crippen LogP contribution is 2.35. The smallest absolute Gasteiger partial charge is 0.313 e. The number of methoxy groups -OCH3 is 2. The maximum Gasteiger partial charge on any atom is 0.313 e. The largest absolute Gasteiger partial charge is 0.465 e. The number of rotatable bonds is 16. The van der Waals surface area contributed by atoms with Gasteiger partial charge in [-0.05, 0) is 47.2 Å². The first kappa shape index (κ1) is 31.6. The highest BCUT2D eigenvalue weighted by atomic mass is 16.7. The van der Waals surface area contributed by atoms with E-state index in [9.17, 15) is 14.4 Å². The molecule has 0 amide bonds. The van der Waals surface area contributed by atoms with Gasteiger partial charge in [-0.1, -0.05) is 27.2 Å². The number of unbranched alkanes of at least 4 members (excludes halogenated alkanes) is 1. The second-order valence-corrected chi connectivity index (χ2v) is 10.2. The Morgan fingerprint density at radius 2 is 1.89 bits per heavy atom. The lowest BCUT2D eigenvalue weighted by Gasteiger charge is -2.47. The summed E-state index contributed by atoms with van der Waals surface area (Å²) in [5, 5.41) is 0. The molecule has 2 unspecified atom stereocenters. The summed E-state index contributed by atoms with van der Waals surface area (Å²) in [7, 11) is 7.09. The highest BCUT2D eigenvalue weighted by molar-refractivity contribution is 5.97. The van der Waals surface area contributed by atoms with Gasteiger partial charge in [0.2, 0.25) is 0 Å². The van der Waals surface area contributed by atoms with Crippen LogP contribution in [0.15, 0.2) is 0 Å². The van der Waals surface area contributed by atoms with Crippen molar-refractivity contribution in [3.05, 3.63) is 0 Å². The molecule has 9 nitrogen and oxygen atoms in total. The number of ether oxygens (including phenoxy) is 5. The third kappa shape index (κ3) is 9.21. The van der Waals surface area contributed by atoms with Crippen molar-refractivity contribution in [2.75, 3.05) is 34.9 Å². The Hall–Kier alpha value is -1.39. The summed E-state index contributed by atoms with van der Waals surface area (Å²) in [4.78, 5) is 39.0. The monoisotopic (exact) mass is 501 g/mol. The van der Waals surface area contributed by atoms with Gasteiger partial charge in [0.1, 0.15) is 24.6 Å². The molecule has 0 aromatic rings. The third-order valence-corrected chi connectivity index (χ3v) is 6.87. The van der Waals surface area contributed by atoms with Gasteiger partial charge < -0.3 is 33.4 Å². The van der Waals surface area contributed by atoms with E-state index in [1.54, 1.807) is 21.0 Å². The van der Waals surface area contributed by atoms with Gasteiger partial charge in [-0.3, -0.25) is 9.59 Å². The molecule has 8 atom stereocenters. The molecule has 35 heavy (non-hydrogen) atoms. The van der Waals surface area contributed by atoms with Crippen LogP contribution in [0.2, 0.25) is 0 Å². The van der Waals surface area contributed by atoms with Crippen molar-refractivity contribution in [1.29, 1.82) is 0 Å². The quantitative estimate of drug-likeness (QED) is 0.137. The van der Waals surface area contributed by atoms with Crippen LogP contribution in [0.4, 0.5) is 0 Å². The van der Waals surface area contributed by atoms with E-state index < -0.39 is 36.0 Å². The Bertz CT molecular complexity index is 672. The second kappa shape index (κ2) is 15.0. The number of aldehydes is 1. The molecular formula is C26H47NO8. The molecule has 1 aliphatic rings. The first-order chi connectivity index (χ1) is 16.4. The highest BCUT2D eigenvalue weighted by Gasteiger charge is 2.48. The maximum atomic E-state index is 13.2. The Morgan fingerprint density at radius 3 is 2.40 bits per heavy atom. The van der Waals surface area contributed by atoms with E-state index in [1.807, 2.05) is 34.9 Å². The third-order valence-electron chi connectivity index (χ3n) is 6.87. The molecule has 0 aromatic carbocycles. The van der Waals surface area contributed by atoms with Crippen molar-refractivity contribution in [2.45, 2.75) is 103 Å². The lowest BCUT2D eigenvalue weighted by molar-refractivity contribution is -0.299. The van der Waals surface area contributed by atoms with Crippen LogP contribution >= 0.6 is 0 Å². The number of likely N-dealkylation sites (N-methyl/N-ethyl adjacent to an activating group) is 1. The fraction of sp³-hybridized carbons (Fsp3) is 0.885. The molecule has 1 fully saturated rings. The van der Waals surface area contributed by atoms with Gasteiger partial charge in [-0.25, -0.2) is 0 Å². The van der Waals surface area contributed by atoms with Gasteiger partial charge >= 0.3 is 5.97 Å². The van der Waals surface area contributed by atoms with Crippen molar-refractivity contribution in [3.8, 4) is 0 Å². The molecule has 0 bridgehead atoms. The molecule has 1 heterocycles. The minimum Gasteiger partial charge on any atom is -0.465 e. The van der Waals surface area contributed by atoms with Gasteiger partial charge in [-0.15, -0.1) is 0 Å². The van der Waals surface area contributed by atoms with Crippen LogP contribution in [0.1, 0.15) is 66.7 Å². The standard InChI is InChI=1S/C26H47NO8/c1-10-11-12-33-22(30)14-21(29)19(4)24(26(5,32-9)15-17(2)16-28)35-25-23(31-8)20(27(6)7)13-18(3)34-25/h16-20,23-25H,10-15H2,1-9H3/t17-,18-,19+,20?,23?,24-,25+,26-/m1/s1. The average Bonchev–Trinajstić information content (AvgIpc) is 2.81. The number of nitrogens with zero attached hydrogens (tertiary/aromatic N) is 1. The predicted octanol–water partition coefficient (Wildman–Crippen LogP) is 3.02. The minimum absolute atomic E-state index is 0.0386. The molecule has 1 aliphatic heterocycles. The van der Waals surface area contributed by atoms with E-state index in [4.69, 9.17) is 23.7 Å². The van der Waals surface area contributed by atoms with E-state index in [-0.39, 0.29) is 30.3 Å². The molecule has 0 N–H and O–H groups in total. The average molecular weight is 502 g/mol. The van der Waals surface area contributed by atoms with Crippen LogP contribution < -0.4 is 0 Å². The summed E-state index contributed by atoms with van der Waals surface area (Å²) in [5.74, 6) is -1.93. The number of ketones is 1. The molecule has 204 valence electrons. The molecule has 0 aliphatic carbocycles. The normalized spacial score (nSPS) is 27.0. The van der Waals surface area contributed by atoms with Crippen LogP contribution in [-0.4, -0.2) is 94.1 Å². The lowest BCUT2D eigenvalue weighted by atomic mass is 9.80. The molecule has 0 spiro atoms. The molecule has 0 radical (unpaired) electrons. The molecular weight excluding hydrogens is 454 g/mol. The molecule has 9 heteroatoms. The lowest BCUT2D eigenvalue weighted by Crippen LogP contribution is -2.59. The van der Waals surface area contributed by atoms with Gasteiger partial charge in [0.25, 0.3) is 0 Å². The summed E-state index contributed by atoms with van der Waals surface area (Å²) >= 11 is 0. The number of esters is 1. The number of Topliss-reactive ketones (excluding diaryl/α,β-unsaturated/α-hetero) is 1. The zero-order chi connectivity index (χ0) is 26.8. The molecule has 0 saturated carbocycles.